The predicted octanol–water partition coefficient (Wildman–Crippen LogP) is 2.20. The van der Waals surface area contributed by atoms with Crippen LogP contribution in [-0.2, 0) is 7.05 Å². The Hall–Kier alpha value is -2.50. The first-order valence-corrected chi connectivity index (χ1v) is 6.11. The Morgan fingerprint density at radius 3 is 2.65 bits per heavy atom. The zero-order valence-corrected chi connectivity index (χ0v) is 11.9. The lowest BCUT2D eigenvalue weighted by Gasteiger charge is -2.22. The topological polar surface area (TPSA) is 67.6 Å². The van der Waals surface area contributed by atoms with E-state index in [0.29, 0.717) is 17.3 Å². The molecule has 1 heterocycles. The molecule has 20 heavy (non-hydrogen) atoms. The third-order valence-corrected chi connectivity index (χ3v) is 3.17. The van der Waals surface area contributed by atoms with Gasteiger partial charge in [0.2, 0.25) is 0 Å². The van der Waals surface area contributed by atoms with E-state index in [1.165, 1.54) is 0 Å². The summed E-state index contributed by atoms with van der Waals surface area (Å²) in [7, 11) is 5.10. The molecule has 0 unspecified atom stereocenters. The van der Waals surface area contributed by atoms with Crippen molar-refractivity contribution in [3.8, 4) is 5.75 Å². The molecule has 0 amide bonds. The summed E-state index contributed by atoms with van der Waals surface area (Å²) in [6, 6.07) is 7.43. The number of nitrogens with zero attached hydrogens (tertiary/aromatic N) is 3. The van der Waals surface area contributed by atoms with E-state index < -0.39 is 5.97 Å². The van der Waals surface area contributed by atoms with Gasteiger partial charge in [0.05, 0.1) is 18.5 Å². The van der Waals surface area contributed by atoms with Crippen LogP contribution in [0.15, 0.2) is 24.3 Å². The quantitative estimate of drug-likeness (QED) is 0.926. The lowest BCUT2D eigenvalue weighted by molar-refractivity contribution is 0.0697. The number of para-hydroxylation sites is 2. The Morgan fingerprint density at radius 1 is 1.40 bits per heavy atom. The molecule has 0 atom stereocenters. The van der Waals surface area contributed by atoms with Crippen molar-refractivity contribution >= 4 is 17.5 Å². The molecule has 0 spiro atoms. The molecule has 106 valence electrons. The van der Waals surface area contributed by atoms with Crippen molar-refractivity contribution in [1.82, 2.24) is 9.78 Å². The van der Waals surface area contributed by atoms with Crippen molar-refractivity contribution in [3.63, 3.8) is 0 Å². The molecular formula is C14H17N3O3. The highest BCUT2D eigenvalue weighted by atomic mass is 16.5. The number of benzene rings is 1. The van der Waals surface area contributed by atoms with Crippen LogP contribution in [0.4, 0.5) is 11.5 Å². The fraction of sp³-hybridized carbons (Fsp3) is 0.286. The fourth-order valence-electron chi connectivity index (χ4n) is 2.30. The van der Waals surface area contributed by atoms with Crippen LogP contribution in [0.1, 0.15) is 16.1 Å². The first kappa shape index (κ1) is 13.9. The fourth-order valence-corrected chi connectivity index (χ4v) is 2.30. The van der Waals surface area contributed by atoms with Crippen molar-refractivity contribution in [2.75, 3.05) is 19.1 Å². The van der Waals surface area contributed by atoms with E-state index in [1.54, 1.807) is 37.7 Å². The minimum Gasteiger partial charge on any atom is -0.495 e. The number of carboxylic acids is 1. The third kappa shape index (κ3) is 2.20. The number of aromatic carboxylic acids is 1. The number of ether oxygens (including phenoxy) is 1. The Bertz CT molecular complexity index is 649. The number of rotatable bonds is 4. The van der Waals surface area contributed by atoms with Gasteiger partial charge in [0.25, 0.3) is 0 Å². The highest BCUT2D eigenvalue weighted by molar-refractivity contribution is 5.96. The number of aromatic nitrogens is 2. The minimum absolute atomic E-state index is 0.195. The summed E-state index contributed by atoms with van der Waals surface area (Å²) in [5, 5.41) is 13.6. The number of methoxy groups -OCH3 is 1. The summed E-state index contributed by atoms with van der Waals surface area (Å²) in [5.74, 6) is 0.192. The van der Waals surface area contributed by atoms with Gasteiger partial charge in [-0.1, -0.05) is 12.1 Å². The maximum atomic E-state index is 11.4. The van der Waals surface area contributed by atoms with Gasteiger partial charge < -0.3 is 14.7 Å². The second-order valence-corrected chi connectivity index (χ2v) is 4.44. The number of carbonyl (C=O) groups is 1. The van der Waals surface area contributed by atoms with E-state index in [4.69, 9.17) is 4.74 Å². The lowest BCUT2D eigenvalue weighted by atomic mass is 10.2. The predicted molar refractivity (Wildman–Crippen MR) is 76.0 cm³/mol. The van der Waals surface area contributed by atoms with Crippen molar-refractivity contribution in [1.29, 1.82) is 0 Å². The Labute approximate surface area is 117 Å². The molecule has 0 aliphatic rings. The van der Waals surface area contributed by atoms with Crippen LogP contribution in [-0.4, -0.2) is 35.0 Å². The van der Waals surface area contributed by atoms with E-state index in [1.807, 2.05) is 24.3 Å². The van der Waals surface area contributed by atoms with Crippen LogP contribution in [0.25, 0.3) is 0 Å². The zero-order valence-electron chi connectivity index (χ0n) is 11.9. The molecule has 0 radical (unpaired) electrons. The summed E-state index contributed by atoms with van der Waals surface area (Å²) in [6.07, 6.45) is 0. The zero-order chi connectivity index (χ0) is 14.9. The molecule has 2 rings (SSSR count). The Balaban J connectivity index is 2.59. The average Bonchev–Trinajstić information content (AvgIpc) is 2.72. The van der Waals surface area contributed by atoms with Crippen molar-refractivity contribution in [2.24, 2.45) is 7.05 Å². The summed E-state index contributed by atoms with van der Waals surface area (Å²) < 4.78 is 6.88. The second-order valence-electron chi connectivity index (χ2n) is 4.44. The molecule has 0 aliphatic heterocycles. The molecule has 1 N–H and O–H groups in total. The summed E-state index contributed by atoms with van der Waals surface area (Å²) in [5.41, 5.74) is 1.46. The molecule has 6 nitrogen and oxygen atoms in total. The van der Waals surface area contributed by atoms with Crippen LogP contribution in [0.3, 0.4) is 0 Å². The van der Waals surface area contributed by atoms with Gasteiger partial charge in [0, 0.05) is 14.1 Å². The van der Waals surface area contributed by atoms with Crippen molar-refractivity contribution in [3.05, 3.63) is 35.5 Å². The van der Waals surface area contributed by atoms with E-state index in [0.717, 1.165) is 5.69 Å². The van der Waals surface area contributed by atoms with Gasteiger partial charge in [-0.2, -0.15) is 5.10 Å². The van der Waals surface area contributed by atoms with Crippen LogP contribution in [0.5, 0.6) is 5.75 Å². The largest absolute Gasteiger partial charge is 0.495 e. The first-order chi connectivity index (χ1) is 9.47. The minimum atomic E-state index is -0.993. The van der Waals surface area contributed by atoms with E-state index in [-0.39, 0.29) is 5.56 Å². The number of hydrogen-bond donors (Lipinski definition) is 1. The van der Waals surface area contributed by atoms with Gasteiger partial charge in [-0.3, -0.25) is 4.68 Å². The SMILES string of the molecule is COc1ccccc1N(C)c1c(C(=O)O)c(C)nn1C. The van der Waals surface area contributed by atoms with E-state index in [9.17, 15) is 9.90 Å². The molecule has 0 bridgehead atoms. The summed E-state index contributed by atoms with van der Waals surface area (Å²) in [4.78, 5) is 13.2. The van der Waals surface area contributed by atoms with Crippen LogP contribution < -0.4 is 9.64 Å². The van der Waals surface area contributed by atoms with Crippen molar-refractivity contribution < 1.29 is 14.6 Å². The Morgan fingerprint density at radius 2 is 2.05 bits per heavy atom. The number of hydrogen-bond acceptors (Lipinski definition) is 4. The molecule has 0 aliphatic carbocycles. The molecule has 1 aromatic heterocycles. The molecule has 6 heteroatoms. The highest BCUT2D eigenvalue weighted by Gasteiger charge is 2.24. The van der Waals surface area contributed by atoms with Gasteiger partial charge in [-0.05, 0) is 19.1 Å². The van der Waals surface area contributed by atoms with Gasteiger partial charge in [0.1, 0.15) is 17.1 Å². The monoisotopic (exact) mass is 275 g/mol. The first-order valence-electron chi connectivity index (χ1n) is 6.11. The molecule has 0 fully saturated rings. The highest BCUT2D eigenvalue weighted by Crippen LogP contribution is 2.34. The maximum absolute atomic E-state index is 11.4. The number of carboxylic acid groups (broad SMARTS) is 1. The lowest BCUT2D eigenvalue weighted by Crippen LogP contribution is -2.17. The molecule has 2 aromatic rings. The van der Waals surface area contributed by atoms with Crippen LogP contribution in [0, 0.1) is 6.92 Å². The smallest absolute Gasteiger partial charge is 0.341 e. The Kier molecular flexibility index (Phi) is 3.65. The van der Waals surface area contributed by atoms with Gasteiger partial charge in [-0.25, -0.2) is 4.79 Å². The van der Waals surface area contributed by atoms with Gasteiger partial charge >= 0.3 is 5.97 Å². The van der Waals surface area contributed by atoms with E-state index >= 15 is 0 Å². The molecule has 0 saturated heterocycles. The molecule has 1 aromatic carbocycles. The van der Waals surface area contributed by atoms with Gasteiger partial charge in [-0.15, -0.1) is 0 Å². The standard InChI is InChI=1S/C14H17N3O3/c1-9-12(14(18)19)13(17(3)15-9)16(2)10-7-5-6-8-11(10)20-4/h5-8H,1-4H3,(H,18,19). The average molecular weight is 275 g/mol. The summed E-state index contributed by atoms with van der Waals surface area (Å²) in [6.45, 7) is 1.68. The van der Waals surface area contributed by atoms with Crippen LogP contribution in [0.2, 0.25) is 0 Å². The number of anilines is 2. The maximum Gasteiger partial charge on any atom is 0.341 e. The number of aryl methyl sites for hydroxylation is 2. The molecular weight excluding hydrogens is 258 g/mol. The third-order valence-electron chi connectivity index (χ3n) is 3.17. The second kappa shape index (κ2) is 5.24. The summed E-state index contributed by atoms with van der Waals surface area (Å²) >= 11 is 0. The van der Waals surface area contributed by atoms with Gasteiger partial charge in [0.15, 0.2) is 0 Å². The normalized spacial score (nSPS) is 10.4. The molecule has 0 saturated carbocycles. The van der Waals surface area contributed by atoms with Crippen molar-refractivity contribution in [2.45, 2.75) is 6.92 Å². The van der Waals surface area contributed by atoms with Crippen LogP contribution >= 0.6 is 0 Å². The van der Waals surface area contributed by atoms with E-state index in [2.05, 4.69) is 5.10 Å².